The van der Waals surface area contributed by atoms with Crippen LogP contribution < -0.4 is 0 Å². The van der Waals surface area contributed by atoms with Gasteiger partial charge >= 0.3 is 0 Å². The van der Waals surface area contributed by atoms with Gasteiger partial charge in [-0.05, 0) is 6.26 Å². The van der Waals surface area contributed by atoms with Crippen LogP contribution in [0.15, 0.2) is 22.7 Å². The molecule has 4 aromatic rings. The predicted octanol–water partition coefficient (Wildman–Crippen LogP) is 1.70. The number of thiazole rings is 2. The van der Waals surface area contributed by atoms with Crippen molar-refractivity contribution in [3.8, 4) is 0 Å². The zero-order valence-corrected chi connectivity index (χ0v) is 22.3. The van der Waals surface area contributed by atoms with E-state index in [1.54, 1.807) is 28.2 Å². The minimum absolute atomic E-state index is 0.102. The van der Waals surface area contributed by atoms with Gasteiger partial charge < -0.3 is 9.80 Å². The van der Waals surface area contributed by atoms with Gasteiger partial charge in [-0.25, -0.2) is 38.3 Å². The molecular formula is C18H20N8O4S4. The summed E-state index contributed by atoms with van der Waals surface area (Å²) in [6.45, 7) is 0. The number of rotatable bonds is 4. The molecule has 0 aliphatic heterocycles. The van der Waals surface area contributed by atoms with Gasteiger partial charge in [-0.15, -0.1) is 11.8 Å². The summed E-state index contributed by atoms with van der Waals surface area (Å²) >= 11 is 3.84. The van der Waals surface area contributed by atoms with Crippen molar-refractivity contribution in [2.24, 2.45) is 0 Å². The molecule has 0 fully saturated rings. The molecule has 4 rings (SSSR count). The first-order valence-electron chi connectivity index (χ1n) is 9.34. The van der Waals surface area contributed by atoms with Crippen LogP contribution >= 0.6 is 34.4 Å². The average Bonchev–Trinajstić information content (AvgIpc) is 3.41. The number of amides is 2. The van der Waals surface area contributed by atoms with Crippen LogP contribution in [0.4, 0.5) is 0 Å². The van der Waals surface area contributed by atoms with Gasteiger partial charge in [0.05, 0.1) is 0 Å². The molecule has 0 aliphatic carbocycles. The summed E-state index contributed by atoms with van der Waals surface area (Å²) in [5.41, 5.74) is 0.861. The van der Waals surface area contributed by atoms with Crippen LogP contribution in [0, 0.1) is 0 Å². The topological polar surface area (TPSA) is 152 Å². The number of hydrogen-bond acceptors (Lipinski definition) is 13. The maximum Gasteiger partial charge on any atom is 0.282 e. The van der Waals surface area contributed by atoms with Crippen molar-refractivity contribution in [2.75, 3.05) is 40.7 Å². The SMILES string of the molecule is CN(C)C(=O)c1nc2c(S(C)(=O)=O)ncnc2s1.CSc1ncnc2sc(C(=O)N(C)C)nc12. The van der Waals surface area contributed by atoms with Crippen LogP contribution in [0.25, 0.3) is 20.7 Å². The summed E-state index contributed by atoms with van der Waals surface area (Å²) < 4.78 is 23.1. The highest BCUT2D eigenvalue weighted by molar-refractivity contribution is 7.98. The predicted molar refractivity (Wildman–Crippen MR) is 131 cm³/mol. The van der Waals surface area contributed by atoms with Crippen LogP contribution in [-0.2, 0) is 9.84 Å². The van der Waals surface area contributed by atoms with Crippen molar-refractivity contribution in [3.05, 3.63) is 22.7 Å². The number of sulfone groups is 1. The summed E-state index contributed by atoms with van der Waals surface area (Å²) in [7, 11) is 3.10. The summed E-state index contributed by atoms with van der Waals surface area (Å²) in [5, 5.41) is 1.30. The Morgan fingerprint density at radius 1 is 0.824 bits per heavy atom. The molecule has 0 aromatic carbocycles. The first-order chi connectivity index (χ1) is 15.9. The van der Waals surface area contributed by atoms with Gasteiger partial charge in [0.2, 0.25) is 0 Å². The van der Waals surface area contributed by atoms with Crippen molar-refractivity contribution in [1.82, 2.24) is 39.7 Å². The summed E-state index contributed by atoms with van der Waals surface area (Å²) in [6.07, 6.45) is 5.62. The number of hydrogen-bond donors (Lipinski definition) is 0. The van der Waals surface area contributed by atoms with Gasteiger partial charge in [0.1, 0.15) is 38.4 Å². The standard InChI is InChI=1S/C9H10N4O3S2.C9H10N4OS2/c1-13(2)9(14)7-12-5-6(17-7)10-4-11-8(5)18(3,15)16;1-13(2)9(14)8-12-5-6(15-3)10-4-11-7(5)16-8/h4H,1-3H3;4H,1-3H3. The molecule has 4 aromatic heterocycles. The fraction of sp³-hybridized carbons (Fsp3) is 0.333. The lowest BCUT2D eigenvalue weighted by atomic mass is 10.5. The molecule has 0 aliphatic rings. The number of fused-ring (bicyclic) bond motifs is 2. The van der Waals surface area contributed by atoms with E-state index in [2.05, 4.69) is 29.9 Å². The second kappa shape index (κ2) is 10.2. The monoisotopic (exact) mass is 540 g/mol. The third-order valence-electron chi connectivity index (χ3n) is 4.05. The van der Waals surface area contributed by atoms with Crippen molar-refractivity contribution in [1.29, 1.82) is 0 Å². The Bertz CT molecular complexity index is 1480. The molecule has 4 heterocycles. The molecule has 34 heavy (non-hydrogen) atoms. The van der Waals surface area contributed by atoms with Gasteiger partial charge in [-0.2, -0.15) is 0 Å². The number of carbonyl (C=O) groups is 2. The highest BCUT2D eigenvalue weighted by atomic mass is 32.2. The molecule has 0 saturated carbocycles. The fourth-order valence-corrected chi connectivity index (χ4v) is 5.66. The quantitative estimate of drug-likeness (QED) is 0.275. The van der Waals surface area contributed by atoms with Gasteiger partial charge in [-0.3, -0.25) is 9.59 Å². The summed E-state index contributed by atoms with van der Waals surface area (Å²) in [4.78, 5) is 51.7. The smallest absolute Gasteiger partial charge is 0.282 e. The largest absolute Gasteiger partial charge is 0.343 e. The van der Waals surface area contributed by atoms with E-state index in [0.29, 0.717) is 15.4 Å². The fourth-order valence-electron chi connectivity index (χ4n) is 2.45. The number of carbonyl (C=O) groups excluding carboxylic acids is 2. The normalized spacial score (nSPS) is 11.2. The summed E-state index contributed by atoms with van der Waals surface area (Å²) in [5.74, 6) is -0.396. The van der Waals surface area contributed by atoms with Crippen molar-refractivity contribution in [2.45, 2.75) is 10.1 Å². The Balaban J connectivity index is 0.000000192. The minimum atomic E-state index is -3.49. The molecule has 180 valence electrons. The molecule has 0 unspecified atom stereocenters. The van der Waals surface area contributed by atoms with E-state index in [-0.39, 0.29) is 27.4 Å². The Morgan fingerprint density at radius 3 is 1.76 bits per heavy atom. The summed E-state index contributed by atoms with van der Waals surface area (Å²) in [6, 6.07) is 0. The Hall–Kier alpha value is -2.82. The van der Waals surface area contributed by atoms with E-state index >= 15 is 0 Å². The highest BCUT2D eigenvalue weighted by Gasteiger charge is 2.21. The first kappa shape index (κ1) is 25.8. The maximum atomic E-state index is 11.8. The number of aromatic nitrogens is 6. The zero-order valence-electron chi connectivity index (χ0n) is 19.0. The Kier molecular flexibility index (Phi) is 7.74. The van der Waals surface area contributed by atoms with Crippen LogP contribution in [0.1, 0.15) is 19.6 Å². The van der Waals surface area contributed by atoms with Crippen molar-refractivity contribution >= 4 is 76.8 Å². The average molecular weight is 541 g/mol. The lowest BCUT2D eigenvalue weighted by molar-refractivity contribution is 0.0820. The molecule has 16 heteroatoms. The number of thioether (sulfide) groups is 1. The molecule has 2 amide bonds. The molecule has 0 spiro atoms. The molecule has 0 N–H and O–H groups in total. The van der Waals surface area contributed by atoms with Gasteiger partial charge in [0.15, 0.2) is 24.9 Å². The van der Waals surface area contributed by atoms with Crippen molar-refractivity contribution in [3.63, 3.8) is 0 Å². The second-order valence-corrected chi connectivity index (χ2v) is 11.8. The third-order valence-corrected chi connectivity index (χ3v) is 7.64. The lowest BCUT2D eigenvalue weighted by Crippen LogP contribution is -2.21. The number of nitrogens with zero attached hydrogens (tertiary/aromatic N) is 8. The molecule has 12 nitrogen and oxygen atoms in total. The molecular weight excluding hydrogens is 521 g/mol. The van der Waals surface area contributed by atoms with E-state index in [1.165, 1.54) is 39.2 Å². The molecule has 0 atom stereocenters. The second-order valence-electron chi connectivity index (χ2n) is 7.08. The van der Waals surface area contributed by atoms with Crippen LogP contribution in [0.5, 0.6) is 0 Å². The van der Waals surface area contributed by atoms with Crippen LogP contribution in [0.3, 0.4) is 0 Å². The maximum absolute atomic E-state index is 11.8. The van der Waals surface area contributed by atoms with Crippen LogP contribution in [0.2, 0.25) is 0 Å². The highest BCUT2D eigenvalue weighted by Crippen LogP contribution is 2.27. The van der Waals surface area contributed by atoms with E-state index < -0.39 is 9.84 Å². The lowest BCUT2D eigenvalue weighted by Gasteiger charge is -2.05. The Labute approximate surface area is 207 Å². The van der Waals surface area contributed by atoms with E-state index in [9.17, 15) is 18.0 Å². The van der Waals surface area contributed by atoms with Crippen LogP contribution in [-0.4, -0.2) is 101 Å². The van der Waals surface area contributed by atoms with Crippen molar-refractivity contribution < 1.29 is 18.0 Å². The van der Waals surface area contributed by atoms with Gasteiger partial charge in [-0.1, -0.05) is 22.7 Å². The minimum Gasteiger partial charge on any atom is -0.343 e. The molecule has 0 saturated heterocycles. The van der Waals surface area contributed by atoms with Gasteiger partial charge in [0, 0.05) is 34.4 Å². The zero-order chi connectivity index (χ0) is 25.2. The van der Waals surface area contributed by atoms with E-state index in [1.807, 2.05) is 6.26 Å². The van der Waals surface area contributed by atoms with Gasteiger partial charge in [0.25, 0.3) is 11.8 Å². The third kappa shape index (κ3) is 5.45. The first-order valence-corrected chi connectivity index (χ1v) is 14.1. The van der Waals surface area contributed by atoms with E-state index in [4.69, 9.17) is 0 Å². The Morgan fingerprint density at radius 2 is 1.29 bits per heavy atom. The molecule has 0 bridgehead atoms. The molecule has 0 radical (unpaired) electrons. The van der Waals surface area contributed by atoms with E-state index in [0.717, 1.165) is 33.8 Å².